The van der Waals surface area contributed by atoms with E-state index in [0.717, 1.165) is 32.4 Å². The molecule has 1 aromatic heterocycles. The summed E-state index contributed by atoms with van der Waals surface area (Å²) in [5, 5.41) is 5.04. The summed E-state index contributed by atoms with van der Waals surface area (Å²) < 4.78 is 0. The fourth-order valence-corrected chi connectivity index (χ4v) is 3.10. The number of carbonyl (C=O) groups excluding carboxylic acids is 1. The molecule has 5 heteroatoms. The van der Waals surface area contributed by atoms with Gasteiger partial charge in [-0.15, -0.1) is 11.3 Å². The Hall–Kier alpha value is -0.910. The molecule has 2 heterocycles. The first-order chi connectivity index (χ1) is 8.79. The Kier molecular flexibility index (Phi) is 5.16. The van der Waals surface area contributed by atoms with Crippen LogP contribution in [0, 0.1) is 0 Å². The number of carbonyl (C=O) groups is 1. The van der Waals surface area contributed by atoms with Crippen molar-refractivity contribution in [1.29, 1.82) is 0 Å². The Labute approximate surface area is 112 Å². The molecule has 1 saturated heterocycles. The van der Waals surface area contributed by atoms with Crippen molar-refractivity contribution in [2.45, 2.75) is 25.3 Å². The number of rotatable bonds is 6. The smallest absolute Gasteiger partial charge is 0.234 e. The van der Waals surface area contributed by atoms with E-state index < -0.39 is 0 Å². The maximum Gasteiger partial charge on any atom is 0.234 e. The first kappa shape index (κ1) is 13.5. The van der Waals surface area contributed by atoms with Crippen molar-refractivity contribution in [2.24, 2.45) is 5.73 Å². The molecule has 1 aromatic rings. The molecule has 0 aromatic carbocycles. The molecule has 0 saturated carbocycles. The van der Waals surface area contributed by atoms with Crippen LogP contribution in [0.25, 0.3) is 0 Å². The molecule has 1 aliphatic heterocycles. The van der Waals surface area contributed by atoms with Gasteiger partial charge in [-0.25, -0.2) is 0 Å². The van der Waals surface area contributed by atoms with Gasteiger partial charge in [0.15, 0.2) is 0 Å². The van der Waals surface area contributed by atoms with E-state index in [9.17, 15) is 4.79 Å². The third-order valence-corrected chi connectivity index (χ3v) is 4.33. The molecule has 1 amide bonds. The summed E-state index contributed by atoms with van der Waals surface area (Å²) in [5.74, 6) is 0.118. The predicted octanol–water partition coefficient (Wildman–Crippen LogP) is 0.830. The van der Waals surface area contributed by atoms with Crippen LogP contribution in [-0.4, -0.2) is 43.0 Å². The van der Waals surface area contributed by atoms with Crippen LogP contribution in [0.2, 0.25) is 0 Å². The van der Waals surface area contributed by atoms with Gasteiger partial charge in [0.1, 0.15) is 0 Å². The van der Waals surface area contributed by atoms with Crippen molar-refractivity contribution < 1.29 is 4.79 Å². The van der Waals surface area contributed by atoms with E-state index in [-0.39, 0.29) is 5.91 Å². The number of thiophene rings is 1. The predicted molar refractivity (Wildman–Crippen MR) is 74.7 cm³/mol. The van der Waals surface area contributed by atoms with Crippen molar-refractivity contribution in [3.63, 3.8) is 0 Å². The monoisotopic (exact) mass is 267 g/mol. The standard InChI is InChI=1S/C13H21N3OS/c14-9-11-3-1-7-16(11)10-13(17)15-6-5-12-4-2-8-18-12/h2,4,8,11H,1,3,5-7,9-10,14H2,(H,15,17). The molecule has 1 unspecified atom stereocenters. The van der Waals surface area contributed by atoms with E-state index in [4.69, 9.17) is 5.73 Å². The van der Waals surface area contributed by atoms with Crippen molar-refractivity contribution in [1.82, 2.24) is 10.2 Å². The fourth-order valence-electron chi connectivity index (χ4n) is 2.39. The molecule has 4 nitrogen and oxygen atoms in total. The number of nitrogens with two attached hydrogens (primary N) is 1. The van der Waals surface area contributed by atoms with E-state index in [1.807, 2.05) is 6.07 Å². The van der Waals surface area contributed by atoms with Gasteiger partial charge in [-0.2, -0.15) is 0 Å². The number of nitrogens with one attached hydrogen (secondary N) is 1. The number of likely N-dealkylation sites (tertiary alicyclic amines) is 1. The number of hydrogen-bond acceptors (Lipinski definition) is 4. The first-order valence-electron chi connectivity index (χ1n) is 6.53. The van der Waals surface area contributed by atoms with Crippen LogP contribution in [0.4, 0.5) is 0 Å². The third kappa shape index (κ3) is 3.80. The lowest BCUT2D eigenvalue weighted by molar-refractivity contribution is -0.122. The van der Waals surface area contributed by atoms with Crippen LogP contribution in [0.3, 0.4) is 0 Å². The molecule has 0 spiro atoms. The van der Waals surface area contributed by atoms with E-state index in [0.29, 0.717) is 19.1 Å². The molecule has 0 aliphatic carbocycles. The van der Waals surface area contributed by atoms with Gasteiger partial charge in [-0.3, -0.25) is 9.69 Å². The highest BCUT2D eigenvalue weighted by atomic mass is 32.1. The minimum absolute atomic E-state index is 0.118. The van der Waals surface area contributed by atoms with Gasteiger partial charge in [-0.1, -0.05) is 6.07 Å². The van der Waals surface area contributed by atoms with Gasteiger partial charge in [0.2, 0.25) is 5.91 Å². The highest BCUT2D eigenvalue weighted by Crippen LogP contribution is 2.15. The molecule has 0 bridgehead atoms. The largest absolute Gasteiger partial charge is 0.355 e. The number of amides is 1. The SMILES string of the molecule is NCC1CCCN1CC(=O)NCCc1cccs1. The summed E-state index contributed by atoms with van der Waals surface area (Å²) in [7, 11) is 0. The van der Waals surface area contributed by atoms with Crippen LogP contribution in [0.1, 0.15) is 17.7 Å². The second kappa shape index (κ2) is 6.87. The normalized spacial score (nSPS) is 20.2. The summed E-state index contributed by atoms with van der Waals surface area (Å²) in [6.45, 7) is 2.87. The molecule has 0 radical (unpaired) electrons. The van der Waals surface area contributed by atoms with E-state index in [1.54, 1.807) is 11.3 Å². The van der Waals surface area contributed by atoms with Gasteiger partial charge < -0.3 is 11.1 Å². The zero-order valence-electron chi connectivity index (χ0n) is 10.6. The number of nitrogens with zero attached hydrogens (tertiary/aromatic N) is 1. The first-order valence-corrected chi connectivity index (χ1v) is 7.41. The van der Waals surface area contributed by atoms with Gasteiger partial charge >= 0.3 is 0 Å². The van der Waals surface area contributed by atoms with Crippen LogP contribution in [0.15, 0.2) is 17.5 Å². The van der Waals surface area contributed by atoms with Gasteiger partial charge in [0.05, 0.1) is 6.54 Å². The third-order valence-electron chi connectivity index (χ3n) is 3.39. The second-order valence-corrected chi connectivity index (χ2v) is 5.71. The fraction of sp³-hybridized carbons (Fsp3) is 0.615. The molecular formula is C13H21N3OS. The van der Waals surface area contributed by atoms with Crippen LogP contribution in [0.5, 0.6) is 0 Å². The maximum atomic E-state index is 11.8. The molecule has 18 heavy (non-hydrogen) atoms. The van der Waals surface area contributed by atoms with Gasteiger partial charge in [-0.05, 0) is 37.3 Å². The van der Waals surface area contributed by atoms with Gasteiger partial charge in [0.25, 0.3) is 0 Å². The second-order valence-electron chi connectivity index (χ2n) is 4.68. The lowest BCUT2D eigenvalue weighted by Crippen LogP contribution is -2.42. The topological polar surface area (TPSA) is 58.4 Å². The summed E-state index contributed by atoms with van der Waals surface area (Å²) in [4.78, 5) is 15.3. The summed E-state index contributed by atoms with van der Waals surface area (Å²) in [6.07, 6.45) is 3.20. The molecule has 100 valence electrons. The molecule has 1 fully saturated rings. The molecule has 2 rings (SSSR count). The lowest BCUT2D eigenvalue weighted by Gasteiger charge is -2.22. The highest BCUT2D eigenvalue weighted by molar-refractivity contribution is 7.09. The van der Waals surface area contributed by atoms with Crippen LogP contribution >= 0.6 is 11.3 Å². The average molecular weight is 267 g/mol. The Bertz CT molecular complexity index is 366. The Balaban J connectivity index is 1.65. The van der Waals surface area contributed by atoms with E-state index >= 15 is 0 Å². The molecule has 1 aliphatic rings. The van der Waals surface area contributed by atoms with Crippen molar-refractivity contribution in [3.8, 4) is 0 Å². The Morgan fingerprint density at radius 2 is 2.50 bits per heavy atom. The van der Waals surface area contributed by atoms with Crippen molar-refractivity contribution in [2.75, 3.05) is 26.2 Å². The van der Waals surface area contributed by atoms with Crippen molar-refractivity contribution in [3.05, 3.63) is 22.4 Å². The highest BCUT2D eigenvalue weighted by Gasteiger charge is 2.24. The zero-order valence-corrected chi connectivity index (χ0v) is 11.4. The quantitative estimate of drug-likeness (QED) is 0.802. The average Bonchev–Trinajstić information content (AvgIpc) is 3.00. The molecule has 3 N–H and O–H groups in total. The van der Waals surface area contributed by atoms with Gasteiger partial charge in [0, 0.05) is 24.0 Å². The minimum Gasteiger partial charge on any atom is -0.355 e. The zero-order chi connectivity index (χ0) is 12.8. The lowest BCUT2D eigenvalue weighted by atomic mass is 10.2. The Morgan fingerprint density at radius 3 is 3.22 bits per heavy atom. The summed E-state index contributed by atoms with van der Waals surface area (Å²) in [5.41, 5.74) is 5.69. The summed E-state index contributed by atoms with van der Waals surface area (Å²) >= 11 is 1.73. The van der Waals surface area contributed by atoms with Crippen LogP contribution < -0.4 is 11.1 Å². The van der Waals surface area contributed by atoms with Crippen molar-refractivity contribution >= 4 is 17.2 Å². The van der Waals surface area contributed by atoms with Crippen LogP contribution in [-0.2, 0) is 11.2 Å². The summed E-state index contributed by atoms with van der Waals surface area (Å²) in [6, 6.07) is 4.53. The Morgan fingerprint density at radius 1 is 1.61 bits per heavy atom. The van der Waals surface area contributed by atoms with E-state index in [2.05, 4.69) is 21.7 Å². The number of hydrogen-bond donors (Lipinski definition) is 2. The molecular weight excluding hydrogens is 246 g/mol. The maximum absolute atomic E-state index is 11.8. The van der Waals surface area contributed by atoms with E-state index in [1.165, 1.54) is 4.88 Å². The molecule has 1 atom stereocenters. The minimum atomic E-state index is 0.118.